The third kappa shape index (κ3) is 1.86. The molecule has 0 amide bonds. The largest absolute Gasteiger partial charge is 0.383 e. The highest BCUT2D eigenvalue weighted by Gasteiger charge is 2.26. The Hall–Kier alpha value is -0.150. The number of fused-ring (bicyclic) bond motifs is 1. The second-order valence-corrected chi connectivity index (χ2v) is 6.40. The topological polar surface area (TPSA) is 12.0 Å². The predicted octanol–water partition coefficient (Wildman–Crippen LogP) is 3.75. The average Bonchev–Trinajstić information content (AvgIpc) is 2.06. The van der Waals surface area contributed by atoms with Gasteiger partial charge < -0.3 is 5.32 Å². The van der Waals surface area contributed by atoms with Crippen molar-refractivity contribution in [2.24, 2.45) is 0 Å². The zero-order valence-corrected chi connectivity index (χ0v) is 10.1. The average molecular weight is 258 g/mol. The van der Waals surface area contributed by atoms with Crippen molar-refractivity contribution in [3.63, 3.8) is 0 Å². The highest BCUT2D eigenvalue weighted by molar-refractivity contribution is 9.10. The number of hydrogen-bond acceptors (Lipinski definition) is 2. The van der Waals surface area contributed by atoms with Crippen LogP contribution in [-0.4, -0.2) is 11.3 Å². The third-order valence-electron chi connectivity index (χ3n) is 2.05. The molecule has 0 bridgehead atoms. The van der Waals surface area contributed by atoms with Gasteiger partial charge in [0.25, 0.3) is 0 Å². The first kappa shape index (κ1) is 9.41. The van der Waals surface area contributed by atoms with Crippen LogP contribution in [-0.2, 0) is 0 Å². The van der Waals surface area contributed by atoms with E-state index < -0.39 is 0 Å². The fourth-order valence-corrected chi connectivity index (χ4v) is 3.09. The Morgan fingerprint density at radius 2 is 2.23 bits per heavy atom. The third-order valence-corrected chi connectivity index (χ3v) is 4.31. The SMILES string of the molecule is CC1(C)CNc2cccc(Br)c2S1. The van der Waals surface area contributed by atoms with Gasteiger partial charge in [0.15, 0.2) is 0 Å². The van der Waals surface area contributed by atoms with Gasteiger partial charge in [-0.1, -0.05) is 6.07 Å². The number of halogens is 1. The first-order valence-corrected chi connectivity index (χ1v) is 5.91. The van der Waals surface area contributed by atoms with E-state index in [1.165, 1.54) is 15.1 Å². The minimum atomic E-state index is 0.289. The van der Waals surface area contributed by atoms with E-state index in [4.69, 9.17) is 0 Å². The van der Waals surface area contributed by atoms with Crippen LogP contribution in [0.3, 0.4) is 0 Å². The molecule has 1 N–H and O–H groups in total. The fourth-order valence-electron chi connectivity index (χ4n) is 1.37. The summed E-state index contributed by atoms with van der Waals surface area (Å²) in [6.07, 6.45) is 0. The summed E-state index contributed by atoms with van der Waals surface area (Å²) in [5, 5.41) is 3.44. The quantitative estimate of drug-likeness (QED) is 0.760. The maximum Gasteiger partial charge on any atom is 0.0490 e. The van der Waals surface area contributed by atoms with Crippen LogP contribution in [0.15, 0.2) is 27.6 Å². The zero-order chi connectivity index (χ0) is 9.47. The molecule has 0 radical (unpaired) electrons. The Kier molecular flexibility index (Phi) is 2.32. The zero-order valence-electron chi connectivity index (χ0n) is 7.73. The van der Waals surface area contributed by atoms with Crippen molar-refractivity contribution < 1.29 is 0 Å². The molecule has 1 aliphatic heterocycles. The molecule has 0 fully saturated rings. The number of nitrogens with one attached hydrogen (secondary N) is 1. The molecule has 13 heavy (non-hydrogen) atoms. The van der Waals surface area contributed by atoms with E-state index in [1.807, 2.05) is 11.8 Å². The Labute approximate surface area is 91.4 Å². The molecule has 0 atom stereocenters. The minimum absolute atomic E-state index is 0.289. The Morgan fingerprint density at radius 1 is 1.46 bits per heavy atom. The highest BCUT2D eigenvalue weighted by Crippen LogP contribution is 2.44. The van der Waals surface area contributed by atoms with E-state index in [9.17, 15) is 0 Å². The molecule has 0 saturated heterocycles. The van der Waals surface area contributed by atoms with Gasteiger partial charge in [-0.25, -0.2) is 0 Å². The van der Waals surface area contributed by atoms with E-state index >= 15 is 0 Å². The van der Waals surface area contributed by atoms with Crippen molar-refractivity contribution in [2.75, 3.05) is 11.9 Å². The molecule has 2 rings (SSSR count). The number of rotatable bonds is 0. The summed E-state index contributed by atoms with van der Waals surface area (Å²) < 4.78 is 1.48. The first-order chi connectivity index (χ1) is 6.08. The van der Waals surface area contributed by atoms with Gasteiger partial charge in [-0.3, -0.25) is 0 Å². The van der Waals surface area contributed by atoms with E-state index in [0.29, 0.717) is 0 Å². The van der Waals surface area contributed by atoms with E-state index in [-0.39, 0.29) is 4.75 Å². The van der Waals surface area contributed by atoms with Gasteiger partial charge in [0.05, 0.1) is 0 Å². The maximum absolute atomic E-state index is 3.57. The normalized spacial score (nSPS) is 19.0. The number of thioether (sulfide) groups is 1. The molecular formula is C10H12BrNS. The van der Waals surface area contributed by atoms with E-state index in [2.05, 4.69) is 53.3 Å². The molecule has 0 unspecified atom stereocenters. The van der Waals surface area contributed by atoms with Crippen molar-refractivity contribution in [3.8, 4) is 0 Å². The first-order valence-electron chi connectivity index (χ1n) is 4.30. The van der Waals surface area contributed by atoms with Crippen molar-refractivity contribution in [3.05, 3.63) is 22.7 Å². The van der Waals surface area contributed by atoms with E-state index in [0.717, 1.165) is 6.54 Å². The highest BCUT2D eigenvalue weighted by atomic mass is 79.9. The summed E-state index contributed by atoms with van der Waals surface area (Å²) in [5.41, 5.74) is 1.25. The lowest BCUT2D eigenvalue weighted by molar-refractivity contribution is 0.738. The van der Waals surface area contributed by atoms with Crippen LogP contribution >= 0.6 is 27.7 Å². The second-order valence-electron chi connectivity index (χ2n) is 3.83. The van der Waals surface area contributed by atoms with Crippen LogP contribution in [0.2, 0.25) is 0 Å². The van der Waals surface area contributed by atoms with Crippen LogP contribution < -0.4 is 5.32 Å². The van der Waals surface area contributed by atoms with Gasteiger partial charge in [0.1, 0.15) is 0 Å². The smallest absolute Gasteiger partial charge is 0.0490 e. The molecule has 3 heteroatoms. The van der Waals surface area contributed by atoms with Gasteiger partial charge in [-0.05, 0) is 41.9 Å². The predicted molar refractivity (Wildman–Crippen MR) is 62.6 cm³/mol. The van der Waals surface area contributed by atoms with Crippen LogP contribution in [0, 0.1) is 0 Å². The van der Waals surface area contributed by atoms with Crippen LogP contribution in [0.5, 0.6) is 0 Å². The van der Waals surface area contributed by atoms with Gasteiger partial charge in [-0.15, -0.1) is 11.8 Å². The molecule has 1 aliphatic rings. The monoisotopic (exact) mass is 257 g/mol. The minimum Gasteiger partial charge on any atom is -0.383 e. The van der Waals surface area contributed by atoms with Crippen LogP contribution in [0.4, 0.5) is 5.69 Å². The molecule has 0 aliphatic carbocycles. The maximum atomic E-state index is 3.57. The van der Waals surface area contributed by atoms with E-state index in [1.54, 1.807) is 0 Å². The van der Waals surface area contributed by atoms with Gasteiger partial charge in [0, 0.05) is 26.3 Å². The molecular weight excluding hydrogens is 246 g/mol. The molecule has 0 aromatic heterocycles. The molecule has 0 spiro atoms. The Bertz CT molecular complexity index is 336. The van der Waals surface area contributed by atoms with Gasteiger partial charge in [-0.2, -0.15) is 0 Å². The van der Waals surface area contributed by atoms with Gasteiger partial charge >= 0.3 is 0 Å². The Balaban J connectivity index is 2.44. The molecule has 1 aromatic rings. The number of anilines is 1. The molecule has 1 aromatic carbocycles. The molecule has 1 heterocycles. The summed E-state index contributed by atoms with van der Waals surface area (Å²) in [4.78, 5) is 1.33. The van der Waals surface area contributed by atoms with Crippen LogP contribution in [0.1, 0.15) is 13.8 Å². The lowest BCUT2D eigenvalue weighted by Crippen LogP contribution is -2.30. The summed E-state index contributed by atoms with van der Waals surface area (Å²) in [6, 6.07) is 6.28. The summed E-state index contributed by atoms with van der Waals surface area (Å²) in [6.45, 7) is 5.54. The second kappa shape index (κ2) is 3.21. The molecule has 70 valence electrons. The number of hydrogen-bond donors (Lipinski definition) is 1. The lowest BCUT2D eigenvalue weighted by atomic mass is 10.2. The van der Waals surface area contributed by atoms with Crippen molar-refractivity contribution in [2.45, 2.75) is 23.5 Å². The Morgan fingerprint density at radius 3 is 3.00 bits per heavy atom. The number of benzene rings is 1. The van der Waals surface area contributed by atoms with Crippen molar-refractivity contribution in [1.82, 2.24) is 0 Å². The fraction of sp³-hybridized carbons (Fsp3) is 0.400. The summed E-state index contributed by atoms with van der Waals surface area (Å²) in [5.74, 6) is 0. The summed E-state index contributed by atoms with van der Waals surface area (Å²) in [7, 11) is 0. The van der Waals surface area contributed by atoms with Crippen molar-refractivity contribution in [1.29, 1.82) is 0 Å². The lowest BCUT2D eigenvalue weighted by Gasteiger charge is -2.32. The molecule has 0 saturated carbocycles. The molecule has 1 nitrogen and oxygen atoms in total. The van der Waals surface area contributed by atoms with Gasteiger partial charge in [0.2, 0.25) is 0 Å². The standard InChI is InChI=1S/C10H12BrNS/c1-10(2)6-12-8-5-3-4-7(11)9(8)13-10/h3-5,12H,6H2,1-2H3. The van der Waals surface area contributed by atoms with Crippen LogP contribution in [0.25, 0.3) is 0 Å². The van der Waals surface area contributed by atoms with Crippen molar-refractivity contribution >= 4 is 33.4 Å². The summed E-state index contributed by atoms with van der Waals surface area (Å²) >= 11 is 5.50.